The molecule has 2 rings (SSSR count). The molecule has 82 valence electrons. The summed E-state index contributed by atoms with van der Waals surface area (Å²) in [7, 11) is 0. The van der Waals surface area contributed by atoms with Crippen LogP contribution in [0.25, 0.3) is 0 Å². The Kier molecular flexibility index (Phi) is 3.89. The third-order valence-electron chi connectivity index (χ3n) is 2.31. The molecule has 0 amide bonds. The molecule has 0 unspecified atom stereocenters. The van der Waals surface area contributed by atoms with Crippen LogP contribution in [0.2, 0.25) is 0 Å². The highest BCUT2D eigenvalue weighted by Gasteiger charge is 2.10. The second kappa shape index (κ2) is 5.61. The van der Waals surface area contributed by atoms with Gasteiger partial charge in [-0.25, -0.2) is 0 Å². The summed E-state index contributed by atoms with van der Waals surface area (Å²) in [5.74, 6) is 1.94. The molecular formula is C14H14OS. The quantitative estimate of drug-likeness (QED) is 0.704. The van der Waals surface area contributed by atoms with E-state index in [-0.39, 0.29) is 5.25 Å². The Hall–Kier alpha value is -1.41. The van der Waals surface area contributed by atoms with Gasteiger partial charge in [-0.1, -0.05) is 36.4 Å². The molecule has 1 aromatic carbocycles. The zero-order valence-electron chi connectivity index (χ0n) is 9.00. The van der Waals surface area contributed by atoms with E-state index < -0.39 is 0 Å². The molecule has 0 radical (unpaired) electrons. The maximum absolute atomic E-state index is 5.38. The van der Waals surface area contributed by atoms with Crippen LogP contribution in [0.4, 0.5) is 0 Å². The first-order valence-corrected chi connectivity index (χ1v) is 6.26. The molecule has 0 aliphatic carbocycles. The smallest absolute Gasteiger partial charge is 0.120 e. The lowest BCUT2D eigenvalue weighted by Crippen LogP contribution is -1.88. The Bertz CT molecular complexity index is 419. The van der Waals surface area contributed by atoms with E-state index in [0.717, 1.165) is 11.5 Å². The number of benzene rings is 1. The Morgan fingerprint density at radius 2 is 2.00 bits per heavy atom. The largest absolute Gasteiger partial charge is 0.468 e. The fraction of sp³-hybridized carbons (Fsp3) is 0.143. The zero-order valence-corrected chi connectivity index (χ0v) is 9.82. The van der Waals surface area contributed by atoms with Gasteiger partial charge in [0.15, 0.2) is 0 Å². The summed E-state index contributed by atoms with van der Waals surface area (Å²) in [4.78, 5) is 0. The van der Waals surface area contributed by atoms with Gasteiger partial charge >= 0.3 is 0 Å². The first-order chi connectivity index (χ1) is 7.90. The van der Waals surface area contributed by atoms with Crippen molar-refractivity contribution in [2.75, 3.05) is 0 Å². The standard InChI is InChI=1S/C14H14OS/c1-2-14(13-9-6-10-15-13)16-11-12-7-4-3-5-8-12/h2-10,14H,1,11H2/t14-/m0/s1. The van der Waals surface area contributed by atoms with Gasteiger partial charge in [-0.15, -0.1) is 18.3 Å². The Morgan fingerprint density at radius 3 is 2.62 bits per heavy atom. The van der Waals surface area contributed by atoms with Crippen molar-refractivity contribution in [3.63, 3.8) is 0 Å². The first-order valence-electron chi connectivity index (χ1n) is 5.21. The van der Waals surface area contributed by atoms with Crippen LogP contribution in [0.1, 0.15) is 16.6 Å². The van der Waals surface area contributed by atoms with Crippen molar-refractivity contribution >= 4 is 11.8 Å². The topological polar surface area (TPSA) is 13.1 Å². The molecule has 0 aliphatic heterocycles. The molecule has 0 bridgehead atoms. The van der Waals surface area contributed by atoms with E-state index in [1.807, 2.05) is 36.0 Å². The van der Waals surface area contributed by atoms with E-state index in [1.54, 1.807) is 6.26 Å². The SMILES string of the molecule is C=C[C@H](SCc1ccccc1)c1ccco1. The highest BCUT2D eigenvalue weighted by atomic mass is 32.2. The van der Waals surface area contributed by atoms with E-state index in [4.69, 9.17) is 4.42 Å². The van der Waals surface area contributed by atoms with Gasteiger partial charge in [-0.3, -0.25) is 0 Å². The van der Waals surface area contributed by atoms with Crippen LogP contribution in [0.5, 0.6) is 0 Å². The average molecular weight is 230 g/mol. The summed E-state index contributed by atoms with van der Waals surface area (Å²) < 4.78 is 5.38. The van der Waals surface area contributed by atoms with Gasteiger partial charge in [-0.2, -0.15) is 0 Å². The third-order valence-corrected chi connectivity index (χ3v) is 3.59. The Morgan fingerprint density at radius 1 is 1.19 bits per heavy atom. The van der Waals surface area contributed by atoms with Crippen LogP contribution >= 0.6 is 11.8 Å². The van der Waals surface area contributed by atoms with Crippen molar-refractivity contribution in [3.05, 3.63) is 72.7 Å². The molecule has 0 N–H and O–H groups in total. The van der Waals surface area contributed by atoms with Crippen molar-refractivity contribution in [3.8, 4) is 0 Å². The molecule has 0 saturated heterocycles. The van der Waals surface area contributed by atoms with Gasteiger partial charge in [0.2, 0.25) is 0 Å². The number of thioether (sulfide) groups is 1. The van der Waals surface area contributed by atoms with Crippen molar-refractivity contribution in [2.45, 2.75) is 11.0 Å². The van der Waals surface area contributed by atoms with Gasteiger partial charge in [0, 0.05) is 5.75 Å². The van der Waals surface area contributed by atoms with Gasteiger partial charge < -0.3 is 4.42 Å². The fourth-order valence-electron chi connectivity index (χ4n) is 1.48. The van der Waals surface area contributed by atoms with Crippen LogP contribution in [-0.2, 0) is 5.75 Å². The molecule has 0 aliphatic rings. The maximum Gasteiger partial charge on any atom is 0.120 e. The van der Waals surface area contributed by atoms with Crippen LogP contribution in [0.3, 0.4) is 0 Å². The average Bonchev–Trinajstić information content (AvgIpc) is 2.85. The van der Waals surface area contributed by atoms with Crippen LogP contribution < -0.4 is 0 Å². The molecule has 16 heavy (non-hydrogen) atoms. The van der Waals surface area contributed by atoms with Gasteiger partial charge in [0.1, 0.15) is 5.76 Å². The van der Waals surface area contributed by atoms with Crippen molar-refractivity contribution in [1.82, 2.24) is 0 Å². The molecule has 1 nitrogen and oxygen atoms in total. The molecule has 0 saturated carbocycles. The second-order valence-corrected chi connectivity index (χ2v) is 4.60. The molecular weight excluding hydrogens is 216 g/mol. The molecule has 0 spiro atoms. The summed E-state index contributed by atoms with van der Waals surface area (Å²) in [6, 6.07) is 14.3. The molecule has 1 aromatic heterocycles. The minimum absolute atomic E-state index is 0.232. The minimum Gasteiger partial charge on any atom is -0.468 e. The van der Waals surface area contributed by atoms with Crippen molar-refractivity contribution in [1.29, 1.82) is 0 Å². The zero-order chi connectivity index (χ0) is 11.2. The minimum atomic E-state index is 0.232. The highest BCUT2D eigenvalue weighted by Crippen LogP contribution is 2.32. The molecule has 2 heteroatoms. The number of hydrogen-bond acceptors (Lipinski definition) is 2. The van der Waals surface area contributed by atoms with Gasteiger partial charge in [0.25, 0.3) is 0 Å². The van der Waals surface area contributed by atoms with Crippen LogP contribution in [0, 0.1) is 0 Å². The summed E-state index contributed by atoms with van der Waals surface area (Å²) in [6.45, 7) is 3.85. The molecule has 2 aromatic rings. The second-order valence-electron chi connectivity index (χ2n) is 3.47. The predicted octanol–water partition coefficient (Wildman–Crippen LogP) is 4.44. The van der Waals surface area contributed by atoms with Gasteiger partial charge in [0.05, 0.1) is 11.5 Å². The number of hydrogen-bond donors (Lipinski definition) is 0. The summed E-state index contributed by atoms with van der Waals surface area (Å²) in [5, 5.41) is 0.232. The first kappa shape index (κ1) is 11.1. The monoisotopic (exact) mass is 230 g/mol. The van der Waals surface area contributed by atoms with E-state index >= 15 is 0 Å². The molecule has 1 atom stereocenters. The number of furan rings is 1. The van der Waals surface area contributed by atoms with Crippen LogP contribution in [-0.4, -0.2) is 0 Å². The van der Waals surface area contributed by atoms with E-state index in [0.29, 0.717) is 0 Å². The van der Waals surface area contributed by atoms with Gasteiger partial charge in [-0.05, 0) is 17.7 Å². The van der Waals surface area contributed by atoms with Crippen molar-refractivity contribution in [2.24, 2.45) is 0 Å². The van der Waals surface area contributed by atoms with Crippen LogP contribution in [0.15, 0.2) is 65.8 Å². The Labute approximate surface area is 100 Å². The lowest BCUT2D eigenvalue weighted by Gasteiger charge is -2.09. The highest BCUT2D eigenvalue weighted by molar-refractivity contribution is 7.98. The van der Waals surface area contributed by atoms with Crippen molar-refractivity contribution < 1.29 is 4.42 Å². The van der Waals surface area contributed by atoms with E-state index in [1.165, 1.54) is 5.56 Å². The maximum atomic E-state index is 5.38. The Balaban J connectivity index is 1.96. The lowest BCUT2D eigenvalue weighted by molar-refractivity contribution is 0.520. The van der Waals surface area contributed by atoms with E-state index in [2.05, 4.69) is 30.8 Å². The fourth-order valence-corrected chi connectivity index (χ4v) is 2.48. The van der Waals surface area contributed by atoms with E-state index in [9.17, 15) is 0 Å². The third kappa shape index (κ3) is 2.80. The summed E-state index contributed by atoms with van der Waals surface area (Å²) in [5.41, 5.74) is 1.32. The summed E-state index contributed by atoms with van der Waals surface area (Å²) >= 11 is 1.82. The predicted molar refractivity (Wildman–Crippen MR) is 69.4 cm³/mol. The summed E-state index contributed by atoms with van der Waals surface area (Å²) in [6.07, 6.45) is 3.63. The lowest BCUT2D eigenvalue weighted by atomic mass is 10.2. The molecule has 1 heterocycles. The normalized spacial score (nSPS) is 12.2. The molecule has 0 fully saturated rings. The number of rotatable bonds is 5.